The van der Waals surface area contributed by atoms with E-state index in [1.807, 2.05) is 0 Å². The summed E-state index contributed by atoms with van der Waals surface area (Å²) in [5.74, 6) is 0.473. The van der Waals surface area contributed by atoms with Crippen LogP contribution in [0.5, 0.6) is 0 Å². The van der Waals surface area contributed by atoms with Crippen molar-refractivity contribution >= 4 is 40.9 Å². The molecule has 0 saturated carbocycles. The minimum Gasteiger partial charge on any atom is -0.468 e. The summed E-state index contributed by atoms with van der Waals surface area (Å²) in [6, 6.07) is 2.07. The normalized spacial score (nSPS) is 23.2. The smallest absolute Gasteiger partial charge is 0.323 e. The molecule has 2 unspecified atom stereocenters. The molecule has 2 atom stereocenters. The number of halogens is 3. The number of nitrogens with one attached hydrogen (secondary N) is 1. The summed E-state index contributed by atoms with van der Waals surface area (Å²) in [5, 5.41) is 3.49. The molecule has 1 aromatic carbocycles. The van der Waals surface area contributed by atoms with Crippen molar-refractivity contribution in [2.75, 3.05) is 18.6 Å². The van der Waals surface area contributed by atoms with Gasteiger partial charge in [0, 0.05) is 22.6 Å². The van der Waals surface area contributed by atoms with Crippen molar-refractivity contribution in [3.8, 4) is 0 Å². The van der Waals surface area contributed by atoms with Gasteiger partial charge in [-0.2, -0.15) is 11.8 Å². The van der Waals surface area contributed by atoms with Gasteiger partial charge in [-0.25, -0.2) is 4.39 Å². The monoisotopic (exact) mass is 323 g/mol. The van der Waals surface area contributed by atoms with Crippen molar-refractivity contribution in [3.63, 3.8) is 0 Å². The van der Waals surface area contributed by atoms with Crippen LogP contribution in [0.2, 0.25) is 10.0 Å². The van der Waals surface area contributed by atoms with Crippen LogP contribution in [0.25, 0.3) is 0 Å². The predicted octanol–water partition coefficient (Wildman–Crippen LogP) is 3.05. The Kier molecular flexibility index (Phi) is 4.95. The Morgan fingerprint density at radius 2 is 2.16 bits per heavy atom. The quantitative estimate of drug-likeness (QED) is 0.670. The second-order valence-corrected chi connectivity index (χ2v) is 6.01. The molecular weight excluding hydrogens is 312 g/mol. The van der Waals surface area contributed by atoms with Gasteiger partial charge in [-0.15, -0.1) is 0 Å². The molecule has 3 nitrogen and oxygen atoms in total. The van der Waals surface area contributed by atoms with Gasteiger partial charge in [0.05, 0.1) is 12.1 Å². The Hall–Kier alpha value is -0.490. The predicted molar refractivity (Wildman–Crippen MR) is 75.4 cm³/mol. The Morgan fingerprint density at radius 3 is 2.84 bits per heavy atom. The minimum absolute atomic E-state index is 0.0123. The molecule has 1 aliphatic heterocycles. The van der Waals surface area contributed by atoms with Gasteiger partial charge in [0.1, 0.15) is 11.9 Å². The van der Waals surface area contributed by atoms with Gasteiger partial charge < -0.3 is 4.74 Å². The van der Waals surface area contributed by atoms with Crippen LogP contribution in [0.1, 0.15) is 11.6 Å². The molecule has 1 N–H and O–H groups in total. The molecule has 1 aromatic rings. The first-order valence-corrected chi connectivity index (χ1v) is 7.50. The maximum Gasteiger partial charge on any atom is 0.323 e. The lowest BCUT2D eigenvalue weighted by atomic mass is 10.1. The topological polar surface area (TPSA) is 38.3 Å². The SMILES string of the molecule is COC(=O)C1CSCC(c2cc(F)c(Cl)cc2Cl)N1. The first-order valence-electron chi connectivity index (χ1n) is 5.59. The largest absolute Gasteiger partial charge is 0.468 e. The molecule has 1 aliphatic rings. The van der Waals surface area contributed by atoms with Crippen molar-refractivity contribution in [2.45, 2.75) is 12.1 Å². The summed E-state index contributed by atoms with van der Waals surface area (Å²) >= 11 is 13.3. The standard InChI is InChI=1S/C12H12Cl2FNO2S/c1-18-12(17)11-5-19-4-10(16-11)6-2-9(15)8(14)3-7(6)13/h2-3,10-11,16H,4-5H2,1H3. The number of methoxy groups -OCH3 is 1. The van der Waals surface area contributed by atoms with Crippen LogP contribution in [0.15, 0.2) is 12.1 Å². The molecule has 0 amide bonds. The number of hydrogen-bond donors (Lipinski definition) is 1. The molecule has 1 saturated heterocycles. The zero-order valence-corrected chi connectivity index (χ0v) is 12.4. The maximum absolute atomic E-state index is 13.5. The highest BCUT2D eigenvalue weighted by molar-refractivity contribution is 7.99. The molecule has 2 rings (SSSR count). The molecule has 7 heteroatoms. The van der Waals surface area contributed by atoms with Gasteiger partial charge >= 0.3 is 5.97 Å². The van der Waals surface area contributed by atoms with E-state index in [1.165, 1.54) is 19.2 Å². The number of rotatable bonds is 2. The van der Waals surface area contributed by atoms with Crippen molar-refractivity contribution in [1.82, 2.24) is 5.32 Å². The lowest BCUT2D eigenvalue weighted by Gasteiger charge is -2.29. The third kappa shape index (κ3) is 3.34. The highest BCUT2D eigenvalue weighted by atomic mass is 35.5. The second kappa shape index (κ2) is 6.31. The van der Waals surface area contributed by atoms with E-state index in [9.17, 15) is 9.18 Å². The van der Waals surface area contributed by atoms with Crippen LogP contribution in [0.3, 0.4) is 0 Å². The van der Waals surface area contributed by atoms with E-state index in [4.69, 9.17) is 27.9 Å². The van der Waals surface area contributed by atoms with E-state index >= 15 is 0 Å². The van der Waals surface area contributed by atoms with Gasteiger partial charge in [-0.3, -0.25) is 10.1 Å². The van der Waals surface area contributed by atoms with Gasteiger partial charge in [-0.1, -0.05) is 23.2 Å². The summed E-state index contributed by atoms with van der Waals surface area (Å²) in [4.78, 5) is 11.5. The maximum atomic E-state index is 13.5. The number of hydrogen-bond acceptors (Lipinski definition) is 4. The number of benzene rings is 1. The van der Waals surface area contributed by atoms with E-state index in [0.717, 1.165) is 0 Å². The van der Waals surface area contributed by atoms with Gasteiger partial charge in [-0.05, 0) is 17.7 Å². The third-order valence-electron chi connectivity index (χ3n) is 2.87. The average molecular weight is 324 g/mol. The number of esters is 1. The van der Waals surface area contributed by atoms with Crippen LogP contribution >= 0.6 is 35.0 Å². The van der Waals surface area contributed by atoms with E-state index in [0.29, 0.717) is 22.1 Å². The highest BCUT2D eigenvalue weighted by Gasteiger charge is 2.29. The molecule has 0 aromatic heterocycles. The molecule has 0 aliphatic carbocycles. The van der Waals surface area contributed by atoms with Crippen LogP contribution in [0.4, 0.5) is 4.39 Å². The molecule has 0 radical (unpaired) electrons. The fourth-order valence-corrected chi connectivity index (χ4v) is 3.54. The Bertz CT molecular complexity index is 501. The Balaban J connectivity index is 2.22. The Labute approximate surface area is 124 Å². The number of thioether (sulfide) groups is 1. The van der Waals surface area contributed by atoms with Gasteiger partial charge in [0.25, 0.3) is 0 Å². The summed E-state index contributed by atoms with van der Waals surface area (Å²) in [5.41, 5.74) is 0.602. The first-order chi connectivity index (χ1) is 9.02. The number of carbonyl (C=O) groups excluding carboxylic acids is 1. The molecule has 104 valence electrons. The summed E-state index contributed by atoms with van der Waals surface area (Å²) in [7, 11) is 1.34. The molecule has 19 heavy (non-hydrogen) atoms. The van der Waals surface area contributed by atoms with Crippen LogP contribution in [-0.2, 0) is 9.53 Å². The van der Waals surface area contributed by atoms with Crippen LogP contribution in [-0.4, -0.2) is 30.6 Å². The van der Waals surface area contributed by atoms with Gasteiger partial charge in [0.15, 0.2) is 0 Å². The highest BCUT2D eigenvalue weighted by Crippen LogP contribution is 2.32. The lowest BCUT2D eigenvalue weighted by molar-refractivity contribution is -0.142. The van der Waals surface area contributed by atoms with E-state index in [-0.39, 0.29) is 17.0 Å². The zero-order valence-electron chi connectivity index (χ0n) is 10.1. The van der Waals surface area contributed by atoms with Crippen LogP contribution < -0.4 is 5.32 Å². The van der Waals surface area contributed by atoms with E-state index in [1.54, 1.807) is 11.8 Å². The number of ether oxygens (including phenoxy) is 1. The van der Waals surface area contributed by atoms with Crippen molar-refractivity contribution in [1.29, 1.82) is 0 Å². The summed E-state index contributed by atoms with van der Waals surface area (Å²) < 4.78 is 18.2. The van der Waals surface area contributed by atoms with E-state index in [2.05, 4.69) is 5.32 Å². The van der Waals surface area contributed by atoms with Crippen molar-refractivity contribution in [2.24, 2.45) is 0 Å². The third-order valence-corrected chi connectivity index (χ3v) is 4.63. The fraction of sp³-hybridized carbons (Fsp3) is 0.417. The molecule has 0 bridgehead atoms. The molecular formula is C12H12Cl2FNO2S. The first kappa shape index (κ1) is 14.9. The minimum atomic E-state index is -0.520. The summed E-state index contributed by atoms with van der Waals surface area (Å²) in [6.07, 6.45) is 0. The molecule has 1 heterocycles. The molecule has 1 fully saturated rings. The summed E-state index contributed by atoms with van der Waals surface area (Å²) in [6.45, 7) is 0. The molecule has 0 spiro atoms. The fourth-order valence-electron chi connectivity index (χ4n) is 1.91. The number of carbonyl (C=O) groups is 1. The van der Waals surface area contributed by atoms with Crippen molar-refractivity contribution < 1.29 is 13.9 Å². The Morgan fingerprint density at radius 1 is 1.42 bits per heavy atom. The van der Waals surface area contributed by atoms with Crippen molar-refractivity contribution in [3.05, 3.63) is 33.6 Å². The zero-order chi connectivity index (χ0) is 14.0. The lowest BCUT2D eigenvalue weighted by Crippen LogP contribution is -2.46. The van der Waals surface area contributed by atoms with Crippen LogP contribution in [0, 0.1) is 5.82 Å². The average Bonchev–Trinajstić information content (AvgIpc) is 2.42. The van der Waals surface area contributed by atoms with E-state index < -0.39 is 11.9 Å². The van der Waals surface area contributed by atoms with Gasteiger partial charge in [0.2, 0.25) is 0 Å². The second-order valence-electron chi connectivity index (χ2n) is 4.12.